The highest BCUT2D eigenvalue weighted by Crippen LogP contribution is 2.31. The number of fused-ring (bicyclic) bond motifs is 2. The first-order valence-corrected chi connectivity index (χ1v) is 17.4. The summed E-state index contributed by atoms with van der Waals surface area (Å²) in [5.41, 5.74) is -0.101. The molecule has 4 aromatic rings. The summed E-state index contributed by atoms with van der Waals surface area (Å²) in [7, 11) is 3.11. The number of hydrogen-bond donors (Lipinski definition) is 0. The van der Waals surface area contributed by atoms with Gasteiger partial charge >= 0.3 is 5.97 Å². The summed E-state index contributed by atoms with van der Waals surface area (Å²) in [6.45, 7) is 17.5. The fourth-order valence-electron chi connectivity index (χ4n) is 5.72. The number of unbranched alkanes of at least 4 members (excludes halogenated alkanes) is 1. The lowest BCUT2D eigenvalue weighted by atomic mass is 9.88. The Labute approximate surface area is 300 Å². The van der Waals surface area contributed by atoms with Crippen LogP contribution in [0.25, 0.3) is 21.8 Å². The van der Waals surface area contributed by atoms with E-state index in [0.29, 0.717) is 52.1 Å². The van der Waals surface area contributed by atoms with Crippen LogP contribution in [0.2, 0.25) is 0 Å². The number of amides is 1. The zero-order valence-corrected chi connectivity index (χ0v) is 32.0. The Morgan fingerprint density at radius 3 is 1.63 bits per heavy atom. The molecule has 0 fully saturated rings. The van der Waals surface area contributed by atoms with Crippen molar-refractivity contribution in [3.05, 3.63) is 47.8 Å². The smallest absolute Gasteiger partial charge is 0.327 e. The minimum atomic E-state index is -0.666. The second-order valence-corrected chi connectivity index (χ2v) is 15.9. The average Bonchev–Trinajstić information content (AvgIpc) is 3.60. The van der Waals surface area contributed by atoms with E-state index < -0.39 is 22.2 Å². The molecule has 1 amide bonds. The number of aromatic nitrogens is 4. The standard InChI is InChI=1S/C39H53N5O7/c1-12-13-18-42(31(45)21-43-29-19-25(49-10)14-16-27(29)33(40-43)35(47)37(2,3)4)23-39(8,9)24-51-32(46)22-44-30-20-26(50-11)15-17-28(30)34(41-44)36(48)38(5,6)7/h14-17,19-20H,12-13,18,21-24H2,1-11H3. The van der Waals surface area contributed by atoms with Crippen LogP contribution in [0.15, 0.2) is 36.4 Å². The van der Waals surface area contributed by atoms with Gasteiger partial charge in [0.1, 0.15) is 36.0 Å². The maximum atomic E-state index is 13.9. The lowest BCUT2D eigenvalue weighted by molar-refractivity contribution is -0.148. The number of carbonyl (C=O) groups is 4. The molecule has 276 valence electrons. The first kappa shape index (κ1) is 39.1. The van der Waals surface area contributed by atoms with Crippen molar-refractivity contribution in [1.29, 1.82) is 0 Å². The van der Waals surface area contributed by atoms with Gasteiger partial charge in [0.2, 0.25) is 5.91 Å². The second kappa shape index (κ2) is 15.2. The van der Waals surface area contributed by atoms with Gasteiger partial charge in [0, 0.05) is 52.2 Å². The molecule has 0 radical (unpaired) electrons. The Bertz CT molecular complexity index is 1920. The molecule has 0 unspecified atom stereocenters. The quantitative estimate of drug-likeness (QED) is 0.0972. The van der Waals surface area contributed by atoms with Crippen molar-refractivity contribution in [3.8, 4) is 11.5 Å². The molecule has 0 atom stereocenters. The van der Waals surface area contributed by atoms with Crippen molar-refractivity contribution in [2.24, 2.45) is 16.2 Å². The third-order valence-electron chi connectivity index (χ3n) is 8.65. The number of methoxy groups -OCH3 is 2. The molecular formula is C39H53N5O7. The highest BCUT2D eigenvalue weighted by atomic mass is 16.5. The van der Waals surface area contributed by atoms with Gasteiger partial charge in [-0.25, -0.2) is 0 Å². The fraction of sp³-hybridized carbons (Fsp3) is 0.538. The lowest BCUT2D eigenvalue weighted by Crippen LogP contribution is -2.43. The van der Waals surface area contributed by atoms with Crippen molar-refractivity contribution in [1.82, 2.24) is 24.5 Å². The molecule has 0 saturated carbocycles. The Kier molecular flexibility index (Phi) is 11.7. The summed E-state index contributed by atoms with van der Waals surface area (Å²) >= 11 is 0. The molecule has 51 heavy (non-hydrogen) atoms. The second-order valence-electron chi connectivity index (χ2n) is 15.9. The number of carbonyl (C=O) groups excluding carboxylic acids is 4. The van der Waals surface area contributed by atoms with Crippen LogP contribution >= 0.6 is 0 Å². The van der Waals surface area contributed by atoms with Crippen LogP contribution in [-0.4, -0.2) is 81.8 Å². The summed E-state index contributed by atoms with van der Waals surface area (Å²) in [6.07, 6.45) is 1.67. The van der Waals surface area contributed by atoms with E-state index in [0.717, 1.165) is 12.8 Å². The van der Waals surface area contributed by atoms with Gasteiger partial charge in [0.25, 0.3) is 0 Å². The average molecular weight is 704 g/mol. The molecule has 0 N–H and O–H groups in total. The maximum Gasteiger partial charge on any atom is 0.327 e. The minimum Gasteiger partial charge on any atom is -0.497 e. The van der Waals surface area contributed by atoms with Gasteiger partial charge in [-0.05, 0) is 30.7 Å². The van der Waals surface area contributed by atoms with E-state index in [1.165, 1.54) is 4.68 Å². The number of ether oxygens (including phenoxy) is 3. The van der Waals surface area contributed by atoms with Crippen LogP contribution in [0.4, 0.5) is 0 Å². The van der Waals surface area contributed by atoms with E-state index in [4.69, 9.17) is 14.2 Å². The SMILES string of the molecule is CCCCN(CC(C)(C)COC(=O)Cn1nc(C(=O)C(C)(C)C)c2ccc(OC)cc21)C(=O)Cn1nc(C(=O)C(C)(C)C)c2ccc(OC)cc21. The molecule has 12 heteroatoms. The fourth-order valence-corrected chi connectivity index (χ4v) is 5.72. The van der Waals surface area contributed by atoms with Crippen molar-refractivity contribution in [2.75, 3.05) is 33.9 Å². The van der Waals surface area contributed by atoms with Gasteiger partial charge in [-0.3, -0.25) is 28.5 Å². The van der Waals surface area contributed by atoms with Gasteiger partial charge in [0.15, 0.2) is 11.6 Å². The van der Waals surface area contributed by atoms with Gasteiger partial charge in [-0.15, -0.1) is 0 Å². The number of nitrogens with zero attached hydrogens (tertiary/aromatic N) is 5. The first-order chi connectivity index (χ1) is 23.8. The topological polar surface area (TPSA) is 135 Å². The summed E-state index contributed by atoms with van der Waals surface area (Å²) in [6, 6.07) is 10.7. The van der Waals surface area contributed by atoms with E-state index in [1.807, 2.05) is 55.4 Å². The van der Waals surface area contributed by atoms with Gasteiger partial charge in [0.05, 0.1) is 31.9 Å². The number of hydrogen-bond acceptors (Lipinski definition) is 9. The van der Waals surface area contributed by atoms with Crippen LogP contribution in [0.5, 0.6) is 11.5 Å². The van der Waals surface area contributed by atoms with E-state index in [-0.39, 0.29) is 42.9 Å². The molecule has 0 aliphatic carbocycles. The zero-order chi connectivity index (χ0) is 37.9. The Balaban J connectivity index is 1.52. The van der Waals surface area contributed by atoms with Crippen LogP contribution in [0.3, 0.4) is 0 Å². The Hall–Kier alpha value is -4.74. The zero-order valence-electron chi connectivity index (χ0n) is 32.0. The van der Waals surface area contributed by atoms with E-state index >= 15 is 0 Å². The highest BCUT2D eigenvalue weighted by Gasteiger charge is 2.32. The molecule has 2 heterocycles. The summed E-state index contributed by atoms with van der Waals surface area (Å²) in [4.78, 5) is 55.5. The van der Waals surface area contributed by atoms with Crippen molar-refractivity contribution in [3.63, 3.8) is 0 Å². The summed E-state index contributed by atoms with van der Waals surface area (Å²) in [5.74, 6) is 0.221. The Morgan fingerprint density at radius 1 is 0.725 bits per heavy atom. The molecule has 12 nitrogen and oxygen atoms in total. The molecule has 0 saturated heterocycles. The molecule has 0 aliphatic rings. The maximum absolute atomic E-state index is 13.9. The predicted molar refractivity (Wildman–Crippen MR) is 196 cm³/mol. The van der Waals surface area contributed by atoms with Crippen molar-refractivity contribution in [2.45, 2.75) is 88.2 Å². The van der Waals surface area contributed by atoms with E-state index in [1.54, 1.807) is 60.2 Å². The third-order valence-corrected chi connectivity index (χ3v) is 8.65. The van der Waals surface area contributed by atoms with Crippen molar-refractivity contribution < 1.29 is 33.4 Å². The number of Topliss-reactive ketones (excluding diaryl/α,β-unsaturated/α-hetero) is 2. The molecule has 2 aromatic carbocycles. The van der Waals surface area contributed by atoms with Crippen LogP contribution < -0.4 is 9.47 Å². The van der Waals surface area contributed by atoms with E-state index in [2.05, 4.69) is 17.1 Å². The first-order valence-electron chi connectivity index (χ1n) is 17.4. The third kappa shape index (κ3) is 9.14. The summed E-state index contributed by atoms with van der Waals surface area (Å²) in [5, 5.41) is 10.5. The molecule has 0 bridgehead atoms. The Morgan fingerprint density at radius 2 is 1.20 bits per heavy atom. The predicted octanol–water partition coefficient (Wildman–Crippen LogP) is 6.76. The number of ketones is 2. The molecule has 4 rings (SSSR count). The number of esters is 1. The van der Waals surface area contributed by atoms with Gasteiger partial charge in [-0.2, -0.15) is 10.2 Å². The van der Waals surface area contributed by atoms with Crippen LogP contribution in [-0.2, 0) is 27.4 Å². The van der Waals surface area contributed by atoms with E-state index in [9.17, 15) is 19.2 Å². The largest absolute Gasteiger partial charge is 0.497 e. The van der Waals surface area contributed by atoms with Gasteiger partial charge in [-0.1, -0.05) is 68.7 Å². The number of rotatable bonds is 15. The molecule has 2 aromatic heterocycles. The summed E-state index contributed by atoms with van der Waals surface area (Å²) < 4.78 is 19.7. The number of benzene rings is 2. The minimum absolute atomic E-state index is 0.0458. The molecule has 0 spiro atoms. The van der Waals surface area contributed by atoms with Crippen LogP contribution in [0, 0.1) is 16.2 Å². The monoisotopic (exact) mass is 703 g/mol. The highest BCUT2D eigenvalue weighted by molar-refractivity contribution is 6.09. The lowest BCUT2D eigenvalue weighted by Gasteiger charge is -2.32. The van der Waals surface area contributed by atoms with Crippen molar-refractivity contribution >= 4 is 45.2 Å². The normalized spacial score (nSPS) is 12.3. The van der Waals surface area contributed by atoms with Gasteiger partial charge < -0.3 is 19.1 Å². The molecular weight excluding hydrogens is 650 g/mol. The molecule has 0 aliphatic heterocycles. The van der Waals surface area contributed by atoms with Crippen LogP contribution in [0.1, 0.15) is 96.1 Å².